The molecule has 0 saturated heterocycles. The van der Waals surface area contributed by atoms with Crippen LogP contribution in [0.5, 0.6) is 0 Å². The third-order valence-corrected chi connectivity index (χ3v) is 6.42. The lowest BCUT2D eigenvalue weighted by atomic mass is 10.2. The Bertz CT molecular complexity index is 1130. The third-order valence-electron chi connectivity index (χ3n) is 3.87. The van der Waals surface area contributed by atoms with Crippen LogP contribution in [-0.2, 0) is 14.8 Å². The van der Waals surface area contributed by atoms with Crippen molar-refractivity contribution in [3.8, 4) is 0 Å². The maximum absolute atomic E-state index is 13.2. The second kappa shape index (κ2) is 7.61. The minimum absolute atomic E-state index is 0.0383. The van der Waals surface area contributed by atoms with E-state index in [2.05, 4.69) is 0 Å². The molecule has 3 aromatic rings. The lowest BCUT2D eigenvalue weighted by Gasteiger charge is -2.22. The molecule has 0 aliphatic heterocycles. The van der Waals surface area contributed by atoms with Crippen LogP contribution in [0.1, 0.15) is 26.2 Å². The highest BCUT2D eigenvalue weighted by Gasteiger charge is 2.31. The molecule has 1 heterocycles. The number of nitrogens with zero attached hydrogens (tertiary/aromatic N) is 1. The fraction of sp³-hybridized carbons (Fsp3) is 0.222. The number of anilines is 1. The molecule has 1 aromatic heterocycles. The van der Waals surface area contributed by atoms with Crippen LogP contribution in [0.3, 0.4) is 0 Å². The highest BCUT2D eigenvalue weighted by atomic mass is 32.2. The Kier molecular flexibility index (Phi) is 5.43. The molecular formula is C18H16FNO5S2. The Morgan fingerprint density at radius 3 is 2.56 bits per heavy atom. The van der Waals surface area contributed by atoms with Crippen LogP contribution in [0.2, 0.25) is 0 Å². The summed E-state index contributed by atoms with van der Waals surface area (Å²) in [6.07, 6.45) is 1.28. The van der Waals surface area contributed by atoms with Gasteiger partial charge in [-0.05, 0) is 48.9 Å². The number of amides is 1. The van der Waals surface area contributed by atoms with E-state index in [1.165, 1.54) is 18.2 Å². The Labute approximate surface area is 158 Å². The number of hydrogen-bond acceptors (Lipinski definition) is 6. The molecule has 2 aromatic carbocycles. The average molecular weight is 409 g/mol. The number of sulfonamides is 1. The van der Waals surface area contributed by atoms with Crippen LogP contribution < -0.4 is 9.24 Å². The van der Waals surface area contributed by atoms with Crippen LogP contribution in [0.15, 0.2) is 56.6 Å². The van der Waals surface area contributed by atoms with E-state index < -0.39 is 26.7 Å². The van der Waals surface area contributed by atoms with E-state index >= 15 is 0 Å². The van der Waals surface area contributed by atoms with E-state index in [4.69, 9.17) is 4.42 Å². The van der Waals surface area contributed by atoms with Gasteiger partial charge in [0.05, 0.1) is 15.3 Å². The van der Waals surface area contributed by atoms with Crippen molar-refractivity contribution in [2.75, 3.05) is 4.31 Å². The SMILES string of the molecule is CCCCC(=O)N(c1ccc2oc(=O)sc2c1)S(=O)(=O)c1ccc(F)cc1. The predicted molar refractivity (Wildman–Crippen MR) is 101 cm³/mol. The first-order chi connectivity index (χ1) is 12.8. The summed E-state index contributed by atoms with van der Waals surface area (Å²) in [5.74, 6) is -1.18. The Hall–Kier alpha value is -2.52. The topological polar surface area (TPSA) is 84.7 Å². The second-order valence-electron chi connectivity index (χ2n) is 5.81. The van der Waals surface area contributed by atoms with Gasteiger partial charge in [-0.1, -0.05) is 24.7 Å². The van der Waals surface area contributed by atoms with Gasteiger partial charge in [-0.15, -0.1) is 0 Å². The molecule has 0 aliphatic carbocycles. The number of hydrogen-bond donors (Lipinski definition) is 0. The highest BCUT2D eigenvalue weighted by molar-refractivity contribution is 7.93. The molecule has 0 aliphatic rings. The first-order valence-corrected chi connectivity index (χ1v) is 10.5. The van der Waals surface area contributed by atoms with Crippen molar-refractivity contribution in [1.29, 1.82) is 0 Å². The van der Waals surface area contributed by atoms with Gasteiger partial charge in [0.25, 0.3) is 10.0 Å². The Balaban J connectivity index is 2.13. The molecule has 0 unspecified atom stereocenters. The molecule has 0 spiro atoms. The molecule has 0 bridgehead atoms. The fourth-order valence-corrected chi connectivity index (χ4v) is 4.69. The van der Waals surface area contributed by atoms with Crippen molar-refractivity contribution in [2.24, 2.45) is 0 Å². The lowest BCUT2D eigenvalue weighted by Crippen LogP contribution is -2.36. The molecule has 0 N–H and O–H groups in total. The fourth-order valence-electron chi connectivity index (χ4n) is 2.55. The summed E-state index contributed by atoms with van der Waals surface area (Å²) in [5, 5.41) is 0. The van der Waals surface area contributed by atoms with Gasteiger partial charge in [0.15, 0.2) is 0 Å². The van der Waals surface area contributed by atoms with Crippen molar-refractivity contribution >= 4 is 43.2 Å². The summed E-state index contributed by atoms with van der Waals surface area (Å²) in [6.45, 7) is 1.89. The summed E-state index contributed by atoms with van der Waals surface area (Å²) in [5.41, 5.74) is 0.416. The van der Waals surface area contributed by atoms with Crippen molar-refractivity contribution in [2.45, 2.75) is 31.1 Å². The summed E-state index contributed by atoms with van der Waals surface area (Å²) in [6, 6.07) is 8.54. The quantitative estimate of drug-likeness (QED) is 0.616. The molecular weight excluding hydrogens is 393 g/mol. The monoisotopic (exact) mass is 409 g/mol. The maximum atomic E-state index is 13.2. The molecule has 6 nitrogen and oxygen atoms in total. The zero-order valence-electron chi connectivity index (χ0n) is 14.3. The molecule has 142 valence electrons. The van der Waals surface area contributed by atoms with Crippen LogP contribution in [0.25, 0.3) is 10.3 Å². The van der Waals surface area contributed by atoms with Gasteiger partial charge >= 0.3 is 4.94 Å². The number of rotatable bonds is 6. The van der Waals surface area contributed by atoms with Gasteiger partial charge in [-0.2, -0.15) is 0 Å². The molecule has 0 radical (unpaired) electrons. The number of unbranched alkanes of at least 4 members (excludes halogenated alkanes) is 1. The molecule has 0 fully saturated rings. The minimum Gasteiger partial charge on any atom is -0.414 e. The van der Waals surface area contributed by atoms with Crippen molar-refractivity contribution in [3.63, 3.8) is 0 Å². The lowest BCUT2D eigenvalue weighted by molar-refractivity contribution is -0.117. The van der Waals surface area contributed by atoms with E-state index in [9.17, 15) is 22.4 Å². The molecule has 3 rings (SSSR count). The normalized spacial score (nSPS) is 11.6. The van der Waals surface area contributed by atoms with Gasteiger partial charge in [-0.3, -0.25) is 4.79 Å². The van der Waals surface area contributed by atoms with Gasteiger partial charge in [0.2, 0.25) is 5.91 Å². The second-order valence-corrected chi connectivity index (χ2v) is 8.57. The molecule has 0 atom stereocenters. The van der Waals surface area contributed by atoms with E-state index in [1.807, 2.05) is 6.92 Å². The maximum Gasteiger partial charge on any atom is 0.396 e. The van der Waals surface area contributed by atoms with Crippen LogP contribution >= 0.6 is 11.3 Å². The number of fused-ring (bicyclic) bond motifs is 1. The van der Waals surface area contributed by atoms with Gasteiger partial charge in [-0.25, -0.2) is 21.9 Å². The Morgan fingerprint density at radius 1 is 1.19 bits per heavy atom. The Morgan fingerprint density at radius 2 is 1.89 bits per heavy atom. The summed E-state index contributed by atoms with van der Waals surface area (Å²) in [4.78, 5) is 23.4. The predicted octanol–water partition coefficient (Wildman–Crippen LogP) is 3.91. The minimum atomic E-state index is -4.25. The van der Waals surface area contributed by atoms with Gasteiger partial charge in [0, 0.05) is 6.42 Å². The molecule has 27 heavy (non-hydrogen) atoms. The smallest absolute Gasteiger partial charge is 0.396 e. The van der Waals surface area contributed by atoms with E-state index in [0.717, 1.165) is 42.0 Å². The molecule has 0 saturated carbocycles. The van der Waals surface area contributed by atoms with Crippen LogP contribution in [-0.4, -0.2) is 14.3 Å². The van der Waals surface area contributed by atoms with Crippen molar-refractivity contribution in [1.82, 2.24) is 0 Å². The summed E-state index contributed by atoms with van der Waals surface area (Å²) < 4.78 is 45.5. The molecule has 1 amide bonds. The van der Waals surface area contributed by atoms with E-state index in [0.29, 0.717) is 21.0 Å². The highest BCUT2D eigenvalue weighted by Crippen LogP contribution is 2.29. The number of halogens is 1. The first kappa shape index (κ1) is 19.2. The van der Waals surface area contributed by atoms with Crippen molar-refractivity contribution < 1.29 is 22.0 Å². The largest absolute Gasteiger partial charge is 0.414 e. The summed E-state index contributed by atoms with van der Waals surface area (Å²) >= 11 is 0.817. The molecule has 9 heteroatoms. The number of benzene rings is 2. The summed E-state index contributed by atoms with van der Waals surface area (Å²) in [7, 11) is -4.25. The van der Waals surface area contributed by atoms with Gasteiger partial charge in [0.1, 0.15) is 11.4 Å². The van der Waals surface area contributed by atoms with Crippen LogP contribution in [0.4, 0.5) is 10.1 Å². The van der Waals surface area contributed by atoms with Crippen molar-refractivity contribution in [3.05, 3.63) is 58.0 Å². The number of carbonyl (C=O) groups excluding carboxylic acids is 1. The average Bonchev–Trinajstić information content (AvgIpc) is 2.99. The van der Waals surface area contributed by atoms with E-state index in [-0.39, 0.29) is 17.0 Å². The first-order valence-electron chi connectivity index (χ1n) is 8.20. The van der Waals surface area contributed by atoms with E-state index in [1.54, 1.807) is 0 Å². The zero-order valence-corrected chi connectivity index (χ0v) is 16.0. The van der Waals surface area contributed by atoms with Crippen LogP contribution in [0, 0.1) is 5.82 Å². The van der Waals surface area contributed by atoms with Gasteiger partial charge < -0.3 is 4.42 Å². The standard InChI is InChI=1S/C18H16FNO5S2/c1-2-3-4-17(21)20(27(23,24)14-8-5-12(19)6-9-14)13-7-10-15-16(11-13)26-18(22)25-15/h5-11H,2-4H2,1H3. The number of carbonyl (C=O) groups is 1. The zero-order chi connectivity index (χ0) is 19.6. The third kappa shape index (κ3) is 3.93.